The number of allylic oxidation sites excluding steroid dienone is 4. The summed E-state index contributed by atoms with van der Waals surface area (Å²) in [6.45, 7) is 1.96. The fourth-order valence-corrected chi connectivity index (χ4v) is 1.73. The predicted octanol–water partition coefficient (Wildman–Crippen LogP) is 2.59. The van der Waals surface area contributed by atoms with Gasteiger partial charge < -0.3 is 5.11 Å². The van der Waals surface area contributed by atoms with Gasteiger partial charge in [-0.3, -0.25) is 4.79 Å². The van der Waals surface area contributed by atoms with E-state index in [2.05, 4.69) is 0 Å². The molecule has 1 N–H and O–H groups in total. The van der Waals surface area contributed by atoms with E-state index in [4.69, 9.17) is 16.7 Å². The number of alkyl halides is 1. The van der Waals surface area contributed by atoms with Crippen molar-refractivity contribution in [2.45, 2.75) is 24.6 Å². The highest BCUT2D eigenvalue weighted by Gasteiger charge is 2.33. The zero-order chi connectivity index (χ0) is 9.90. The monoisotopic (exact) mass is 200 g/mol. The Morgan fingerprint density at radius 3 is 2.85 bits per heavy atom. The number of carboxylic acid groups (broad SMARTS) is 1. The molecule has 0 aromatic rings. The molecule has 2 nitrogen and oxygen atoms in total. The van der Waals surface area contributed by atoms with Crippen LogP contribution in [-0.4, -0.2) is 16.0 Å². The zero-order valence-corrected chi connectivity index (χ0v) is 8.29. The molecule has 0 radical (unpaired) electrons. The molecule has 0 saturated heterocycles. The first-order valence-corrected chi connectivity index (χ1v) is 4.73. The third kappa shape index (κ3) is 2.34. The standard InChI is InChI=1S/C10H13ClO2/c1-2-10(11)6-4-3-5-8(10)7-9(12)13/h3-6,8H,2,7H2,1H3,(H,12,13). The van der Waals surface area contributed by atoms with E-state index in [9.17, 15) is 4.79 Å². The lowest BCUT2D eigenvalue weighted by molar-refractivity contribution is -0.137. The molecule has 0 aromatic carbocycles. The van der Waals surface area contributed by atoms with Crippen LogP contribution < -0.4 is 0 Å². The lowest BCUT2D eigenvalue weighted by atomic mass is 9.83. The lowest BCUT2D eigenvalue weighted by Crippen LogP contribution is -2.30. The Balaban J connectivity index is 2.76. The van der Waals surface area contributed by atoms with Crippen LogP contribution in [0.2, 0.25) is 0 Å². The van der Waals surface area contributed by atoms with Gasteiger partial charge in [0.2, 0.25) is 0 Å². The number of carbonyl (C=O) groups is 1. The normalized spacial score (nSPS) is 32.0. The molecule has 2 atom stereocenters. The lowest BCUT2D eigenvalue weighted by Gasteiger charge is -2.30. The van der Waals surface area contributed by atoms with Gasteiger partial charge in [0.05, 0.1) is 11.3 Å². The molecule has 0 spiro atoms. The maximum absolute atomic E-state index is 10.6. The van der Waals surface area contributed by atoms with Crippen molar-refractivity contribution in [2.75, 3.05) is 0 Å². The van der Waals surface area contributed by atoms with Crippen LogP contribution in [0.1, 0.15) is 19.8 Å². The number of hydrogen-bond donors (Lipinski definition) is 1. The molecule has 2 unspecified atom stereocenters. The van der Waals surface area contributed by atoms with Gasteiger partial charge in [-0.1, -0.05) is 31.2 Å². The van der Waals surface area contributed by atoms with Gasteiger partial charge in [-0.15, -0.1) is 11.6 Å². The maximum atomic E-state index is 10.6. The van der Waals surface area contributed by atoms with E-state index in [0.29, 0.717) is 0 Å². The number of halogens is 1. The molecule has 0 aromatic heterocycles. The van der Waals surface area contributed by atoms with E-state index >= 15 is 0 Å². The summed E-state index contributed by atoms with van der Waals surface area (Å²) in [5, 5.41) is 8.68. The second-order valence-corrected chi connectivity index (χ2v) is 3.93. The van der Waals surface area contributed by atoms with Crippen molar-refractivity contribution in [1.29, 1.82) is 0 Å². The molecule has 0 fully saturated rings. The van der Waals surface area contributed by atoms with Crippen LogP contribution in [0.15, 0.2) is 24.3 Å². The summed E-state index contributed by atoms with van der Waals surface area (Å²) >= 11 is 6.27. The molecule has 1 rings (SSSR count). The second-order valence-electron chi connectivity index (χ2n) is 3.23. The van der Waals surface area contributed by atoms with Gasteiger partial charge in [0.1, 0.15) is 0 Å². The summed E-state index contributed by atoms with van der Waals surface area (Å²) in [6.07, 6.45) is 8.30. The molecule has 1 aliphatic rings. The molecule has 0 amide bonds. The van der Waals surface area contributed by atoms with Crippen molar-refractivity contribution in [3.63, 3.8) is 0 Å². The number of carboxylic acids is 1. The highest BCUT2D eigenvalue weighted by molar-refractivity contribution is 6.25. The van der Waals surface area contributed by atoms with Gasteiger partial charge in [0, 0.05) is 5.92 Å². The molecule has 1 aliphatic carbocycles. The van der Waals surface area contributed by atoms with Crippen molar-refractivity contribution in [3.05, 3.63) is 24.3 Å². The Morgan fingerprint density at radius 2 is 2.31 bits per heavy atom. The van der Waals surface area contributed by atoms with Crippen LogP contribution in [-0.2, 0) is 4.79 Å². The minimum atomic E-state index is -0.802. The SMILES string of the molecule is CCC1(Cl)C=CC=CC1CC(=O)O. The summed E-state index contributed by atoms with van der Waals surface area (Å²) in [5.41, 5.74) is 0. The van der Waals surface area contributed by atoms with Gasteiger partial charge in [-0.2, -0.15) is 0 Å². The Hall–Kier alpha value is -0.760. The minimum Gasteiger partial charge on any atom is -0.481 e. The van der Waals surface area contributed by atoms with Crippen molar-refractivity contribution in [1.82, 2.24) is 0 Å². The highest BCUT2D eigenvalue weighted by Crippen LogP contribution is 2.36. The van der Waals surface area contributed by atoms with E-state index in [1.807, 2.05) is 31.2 Å². The maximum Gasteiger partial charge on any atom is 0.304 e. The smallest absolute Gasteiger partial charge is 0.304 e. The van der Waals surface area contributed by atoms with E-state index in [0.717, 1.165) is 6.42 Å². The minimum absolute atomic E-state index is 0.0954. The van der Waals surface area contributed by atoms with Crippen molar-refractivity contribution >= 4 is 17.6 Å². The number of rotatable bonds is 3. The van der Waals surface area contributed by atoms with E-state index in [-0.39, 0.29) is 12.3 Å². The fraction of sp³-hybridized carbons (Fsp3) is 0.500. The van der Waals surface area contributed by atoms with Crippen molar-refractivity contribution in [2.24, 2.45) is 5.92 Å². The molecule has 13 heavy (non-hydrogen) atoms. The molecule has 0 heterocycles. The van der Waals surface area contributed by atoms with Gasteiger partial charge in [0.15, 0.2) is 0 Å². The summed E-state index contributed by atoms with van der Waals surface area (Å²) in [6, 6.07) is 0. The van der Waals surface area contributed by atoms with Crippen LogP contribution >= 0.6 is 11.6 Å². The highest BCUT2D eigenvalue weighted by atomic mass is 35.5. The number of hydrogen-bond acceptors (Lipinski definition) is 1. The Kier molecular flexibility index (Phi) is 3.15. The van der Waals surface area contributed by atoms with Crippen LogP contribution in [0, 0.1) is 5.92 Å². The molecule has 3 heteroatoms. The van der Waals surface area contributed by atoms with Gasteiger partial charge in [-0.25, -0.2) is 0 Å². The van der Waals surface area contributed by atoms with Gasteiger partial charge >= 0.3 is 5.97 Å². The average molecular weight is 201 g/mol. The first-order chi connectivity index (χ1) is 6.08. The predicted molar refractivity (Wildman–Crippen MR) is 52.9 cm³/mol. The quantitative estimate of drug-likeness (QED) is 0.712. The van der Waals surface area contributed by atoms with Crippen molar-refractivity contribution in [3.8, 4) is 0 Å². The van der Waals surface area contributed by atoms with Crippen molar-refractivity contribution < 1.29 is 9.90 Å². The molecule has 0 aliphatic heterocycles. The Morgan fingerprint density at radius 1 is 1.62 bits per heavy atom. The third-order valence-electron chi connectivity index (χ3n) is 2.38. The summed E-state index contributed by atoms with van der Waals surface area (Å²) in [4.78, 5) is 10.0. The molecule has 72 valence electrons. The molecular formula is C10H13ClO2. The molecule has 0 bridgehead atoms. The Bertz CT molecular complexity index is 258. The largest absolute Gasteiger partial charge is 0.481 e. The first kappa shape index (κ1) is 10.3. The van der Waals surface area contributed by atoms with Crippen LogP contribution in [0.4, 0.5) is 0 Å². The summed E-state index contributed by atoms with van der Waals surface area (Å²) < 4.78 is 0. The van der Waals surface area contributed by atoms with Crippen LogP contribution in [0.25, 0.3) is 0 Å². The van der Waals surface area contributed by atoms with Gasteiger partial charge in [0.25, 0.3) is 0 Å². The summed E-state index contributed by atoms with van der Waals surface area (Å²) in [5.74, 6) is -0.898. The van der Waals surface area contributed by atoms with Gasteiger partial charge in [-0.05, 0) is 6.42 Å². The van der Waals surface area contributed by atoms with E-state index in [1.165, 1.54) is 0 Å². The topological polar surface area (TPSA) is 37.3 Å². The van der Waals surface area contributed by atoms with Crippen LogP contribution in [0.3, 0.4) is 0 Å². The first-order valence-electron chi connectivity index (χ1n) is 4.35. The van der Waals surface area contributed by atoms with E-state index < -0.39 is 10.8 Å². The number of aliphatic carboxylic acids is 1. The zero-order valence-electron chi connectivity index (χ0n) is 7.53. The van der Waals surface area contributed by atoms with E-state index in [1.54, 1.807) is 0 Å². The average Bonchev–Trinajstić information content (AvgIpc) is 2.09. The third-order valence-corrected chi connectivity index (χ3v) is 3.05. The van der Waals surface area contributed by atoms with Crippen LogP contribution in [0.5, 0.6) is 0 Å². The fourth-order valence-electron chi connectivity index (χ4n) is 1.50. The summed E-state index contributed by atoms with van der Waals surface area (Å²) in [7, 11) is 0. The Labute approximate surface area is 82.9 Å². The molecular weight excluding hydrogens is 188 g/mol. The molecule has 0 saturated carbocycles. The second kappa shape index (κ2) is 3.97.